The van der Waals surface area contributed by atoms with E-state index in [0.29, 0.717) is 0 Å². The molecule has 0 fully saturated rings. The summed E-state index contributed by atoms with van der Waals surface area (Å²) >= 11 is 0. The third kappa shape index (κ3) is 15.4. The molecule has 0 heterocycles. The van der Waals surface area contributed by atoms with Gasteiger partial charge in [-0.25, -0.2) is 4.79 Å². The summed E-state index contributed by atoms with van der Waals surface area (Å²) in [4.78, 5) is 28.6. The van der Waals surface area contributed by atoms with Crippen molar-refractivity contribution in [2.24, 2.45) is 0 Å². The molecule has 0 aromatic rings. The Bertz CT molecular complexity index is 239. The van der Waals surface area contributed by atoms with Crippen LogP contribution in [-0.4, -0.2) is 45.4 Å². The molecular formula is C7H10O8Zn. The Kier molecular flexibility index (Phi) is 13.3. The fourth-order valence-electron chi connectivity index (χ4n) is 0.241. The van der Waals surface area contributed by atoms with Gasteiger partial charge in [-0.15, -0.1) is 0 Å². The Balaban J connectivity index is -0.000000214. The van der Waals surface area contributed by atoms with Gasteiger partial charge >= 0.3 is 25.4 Å². The molecule has 0 aliphatic rings. The van der Waals surface area contributed by atoms with E-state index in [0.717, 1.165) is 0 Å². The summed E-state index contributed by atoms with van der Waals surface area (Å²) in [6.07, 6.45) is -4.12. The molecule has 3 N–H and O–H groups in total. The Labute approximate surface area is 103 Å². The Hall–Kier alpha value is -1.05. The number of aliphatic hydroxyl groups excluding tert-OH is 2. The van der Waals surface area contributed by atoms with Crippen LogP contribution in [0.5, 0.6) is 0 Å². The number of aliphatic hydroxyl groups is 2. The monoisotopic (exact) mass is 286 g/mol. The largest absolute Gasteiger partial charge is 2.00 e. The fraction of sp³-hybridized carbons (Fsp3) is 0.571. The van der Waals surface area contributed by atoms with Crippen LogP contribution in [-0.2, 0) is 33.9 Å². The molecule has 16 heavy (non-hydrogen) atoms. The Morgan fingerprint density at radius 1 is 1.19 bits per heavy atom. The predicted octanol–water partition coefficient (Wildman–Crippen LogP) is -4.31. The van der Waals surface area contributed by atoms with Crippen molar-refractivity contribution in [2.45, 2.75) is 25.6 Å². The van der Waals surface area contributed by atoms with E-state index in [1.54, 1.807) is 0 Å². The van der Waals surface area contributed by atoms with Crippen LogP contribution in [0.25, 0.3) is 0 Å². The molecule has 8 nitrogen and oxygen atoms in total. The fourth-order valence-corrected chi connectivity index (χ4v) is 0.241. The van der Waals surface area contributed by atoms with E-state index in [9.17, 15) is 24.6 Å². The molecule has 0 saturated carbocycles. The number of carboxylic acids is 3. The van der Waals surface area contributed by atoms with Gasteiger partial charge in [-0.3, -0.25) is 0 Å². The second-order valence-corrected chi connectivity index (χ2v) is 2.43. The van der Waals surface area contributed by atoms with Crippen LogP contribution in [0.3, 0.4) is 0 Å². The number of carboxylic acid groups (broad SMARTS) is 3. The topological polar surface area (TPSA) is 158 Å². The number of aliphatic carboxylic acids is 3. The van der Waals surface area contributed by atoms with Crippen LogP contribution in [0.15, 0.2) is 0 Å². The first kappa shape index (κ1) is 20.4. The van der Waals surface area contributed by atoms with Crippen molar-refractivity contribution in [3.8, 4) is 0 Å². The molecule has 0 aliphatic carbocycles. The molecule has 9 heteroatoms. The van der Waals surface area contributed by atoms with E-state index < -0.39 is 36.5 Å². The maximum Gasteiger partial charge on any atom is 2.00 e. The number of hydrogen-bond acceptors (Lipinski definition) is 7. The van der Waals surface area contributed by atoms with E-state index in [1.165, 1.54) is 6.92 Å². The minimum Gasteiger partial charge on any atom is -0.550 e. The molecule has 2 atom stereocenters. The molecule has 0 bridgehead atoms. The zero-order chi connectivity index (χ0) is 12.6. The van der Waals surface area contributed by atoms with Crippen molar-refractivity contribution in [3.63, 3.8) is 0 Å². The average molecular weight is 288 g/mol. The molecule has 2 unspecified atom stereocenters. The molecule has 0 rings (SSSR count). The number of carbonyl (C=O) groups excluding carboxylic acids is 2. The summed E-state index contributed by atoms with van der Waals surface area (Å²) in [6.45, 7) is 1.20. The third-order valence-electron chi connectivity index (χ3n) is 0.989. The van der Waals surface area contributed by atoms with Gasteiger partial charge in [0.1, 0.15) is 6.10 Å². The first-order valence-corrected chi connectivity index (χ1v) is 3.68. The van der Waals surface area contributed by atoms with E-state index in [2.05, 4.69) is 0 Å². The zero-order valence-electron chi connectivity index (χ0n) is 8.45. The average Bonchev–Trinajstić information content (AvgIpc) is 2.03. The predicted molar refractivity (Wildman–Crippen MR) is 40.0 cm³/mol. The van der Waals surface area contributed by atoms with Crippen molar-refractivity contribution in [2.75, 3.05) is 0 Å². The van der Waals surface area contributed by atoms with Gasteiger partial charge in [-0.05, 0) is 6.92 Å². The first-order chi connectivity index (χ1) is 6.68. The summed E-state index contributed by atoms with van der Waals surface area (Å²) < 4.78 is 0. The summed E-state index contributed by atoms with van der Waals surface area (Å²) in [7, 11) is 0. The molecule has 0 aromatic heterocycles. The van der Waals surface area contributed by atoms with E-state index in [1.807, 2.05) is 0 Å². The van der Waals surface area contributed by atoms with Crippen LogP contribution in [0.2, 0.25) is 0 Å². The van der Waals surface area contributed by atoms with E-state index in [-0.39, 0.29) is 19.5 Å². The van der Waals surface area contributed by atoms with Gasteiger partial charge < -0.3 is 35.1 Å². The summed E-state index contributed by atoms with van der Waals surface area (Å²) in [5, 5.41) is 43.1. The van der Waals surface area contributed by atoms with E-state index in [4.69, 9.17) is 15.3 Å². The molecule has 0 spiro atoms. The molecule has 88 valence electrons. The molecule has 0 saturated heterocycles. The smallest absolute Gasteiger partial charge is 0.550 e. The second-order valence-electron chi connectivity index (χ2n) is 2.43. The number of rotatable bonds is 4. The van der Waals surface area contributed by atoms with Crippen LogP contribution in [0.4, 0.5) is 0 Å². The second kappa shape index (κ2) is 10.5. The Morgan fingerprint density at radius 3 is 1.56 bits per heavy atom. The molecular weight excluding hydrogens is 277 g/mol. The SMILES string of the molecule is CC(O)C(=O)O.O=C([O-])CC(O)C(=O)[O-].[Zn+2]. The maximum atomic E-state index is 9.58. The third-order valence-corrected chi connectivity index (χ3v) is 0.989. The standard InChI is InChI=1S/C4H6O5.C3H6O3.Zn/c5-2(4(8)9)1-3(6)7;1-2(4)3(5)6;/h2,5H,1H2,(H,6,7)(H,8,9);2,4H,1H3,(H,5,6);/q;;+2/p-2. The number of hydrogen-bond donors (Lipinski definition) is 3. The van der Waals surface area contributed by atoms with Crippen molar-refractivity contribution < 1.29 is 59.4 Å². The van der Waals surface area contributed by atoms with Gasteiger partial charge in [-0.2, -0.15) is 0 Å². The Morgan fingerprint density at radius 2 is 1.50 bits per heavy atom. The van der Waals surface area contributed by atoms with Crippen LogP contribution in [0.1, 0.15) is 13.3 Å². The molecule has 0 amide bonds. The zero-order valence-corrected chi connectivity index (χ0v) is 11.4. The first-order valence-electron chi connectivity index (χ1n) is 3.68. The summed E-state index contributed by atoms with van der Waals surface area (Å²) in [6, 6.07) is 0. The maximum absolute atomic E-state index is 9.58. The minimum absolute atomic E-state index is 0. The normalized spacial score (nSPS) is 12.2. The molecule has 0 aliphatic heterocycles. The van der Waals surface area contributed by atoms with Crippen LogP contribution in [0, 0.1) is 0 Å². The van der Waals surface area contributed by atoms with Crippen LogP contribution < -0.4 is 10.2 Å². The summed E-state index contributed by atoms with van der Waals surface area (Å²) in [5.74, 6) is -4.61. The van der Waals surface area contributed by atoms with Crippen molar-refractivity contribution in [1.82, 2.24) is 0 Å². The summed E-state index contributed by atoms with van der Waals surface area (Å²) in [5.41, 5.74) is 0. The van der Waals surface area contributed by atoms with Gasteiger partial charge in [0.2, 0.25) is 0 Å². The van der Waals surface area contributed by atoms with Gasteiger partial charge in [0.05, 0.1) is 12.1 Å². The van der Waals surface area contributed by atoms with Crippen molar-refractivity contribution in [3.05, 3.63) is 0 Å². The van der Waals surface area contributed by atoms with E-state index >= 15 is 0 Å². The molecule has 0 radical (unpaired) electrons. The number of carbonyl (C=O) groups is 3. The van der Waals surface area contributed by atoms with Gasteiger partial charge in [0.15, 0.2) is 0 Å². The van der Waals surface area contributed by atoms with Crippen molar-refractivity contribution >= 4 is 17.9 Å². The molecule has 0 aromatic carbocycles. The van der Waals surface area contributed by atoms with Crippen LogP contribution >= 0.6 is 0 Å². The van der Waals surface area contributed by atoms with Gasteiger partial charge in [0.25, 0.3) is 0 Å². The van der Waals surface area contributed by atoms with Crippen molar-refractivity contribution in [1.29, 1.82) is 0 Å². The quantitative estimate of drug-likeness (QED) is 0.438. The van der Waals surface area contributed by atoms with Gasteiger partial charge in [0, 0.05) is 12.4 Å². The minimum atomic E-state index is -1.96. The van der Waals surface area contributed by atoms with Gasteiger partial charge in [-0.1, -0.05) is 0 Å².